The van der Waals surface area contributed by atoms with Gasteiger partial charge in [-0.15, -0.1) is 0 Å². The van der Waals surface area contributed by atoms with Gasteiger partial charge in [0.1, 0.15) is 5.60 Å². The summed E-state index contributed by atoms with van der Waals surface area (Å²) in [6.07, 6.45) is 1.39. The van der Waals surface area contributed by atoms with Crippen molar-refractivity contribution >= 4 is 6.09 Å². The molecule has 4 nitrogen and oxygen atoms in total. The molecule has 0 atom stereocenters. The molecule has 0 aromatic rings. The maximum Gasteiger partial charge on any atom is 0.407 e. The Morgan fingerprint density at radius 3 is 2.53 bits per heavy atom. The lowest BCUT2D eigenvalue weighted by Gasteiger charge is -2.21. The minimum atomic E-state index is -0.438. The molecule has 0 spiro atoms. The molecule has 0 bridgehead atoms. The highest BCUT2D eigenvalue weighted by atomic mass is 16.6. The predicted molar refractivity (Wildman–Crippen MR) is 61.7 cm³/mol. The van der Waals surface area contributed by atoms with E-state index in [2.05, 4.69) is 11.9 Å². The zero-order valence-electron chi connectivity index (χ0n) is 10.2. The zero-order valence-corrected chi connectivity index (χ0v) is 10.2. The summed E-state index contributed by atoms with van der Waals surface area (Å²) in [6.45, 7) is 13.4. The van der Waals surface area contributed by atoms with Gasteiger partial charge in [-0.05, 0) is 33.9 Å². The second kappa shape index (κ2) is 6.32. The van der Waals surface area contributed by atoms with E-state index in [1.165, 1.54) is 0 Å². The van der Waals surface area contributed by atoms with Crippen molar-refractivity contribution in [2.45, 2.75) is 33.3 Å². The molecule has 1 amide bonds. The summed E-state index contributed by atoms with van der Waals surface area (Å²) in [4.78, 5) is 13.3. The van der Waals surface area contributed by atoms with Crippen LogP contribution >= 0.6 is 0 Å². The maximum atomic E-state index is 11.2. The van der Waals surface area contributed by atoms with Crippen molar-refractivity contribution in [3.63, 3.8) is 0 Å². The third kappa shape index (κ3) is 7.85. The number of nitrogens with zero attached hydrogens (tertiary/aromatic N) is 1. The summed E-state index contributed by atoms with van der Waals surface area (Å²) >= 11 is 0. The Balaban J connectivity index is 3.68. The quantitative estimate of drug-likeness (QED) is 0.761. The Morgan fingerprint density at radius 1 is 1.53 bits per heavy atom. The van der Waals surface area contributed by atoms with Gasteiger partial charge in [-0.2, -0.15) is 0 Å². The third-order valence-corrected chi connectivity index (χ3v) is 1.73. The highest BCUT2D eigenvalue weighted by Crippen LogP contribution is 2.06. The molecule has 0 aromatic heterocycles. The Kier molecular flexibility index (Phi) is 5.82. The van der Waals surface area contributed by atoms with E-state index in [1.54, 1.807) is 6.20 Å². The smallest absolute Gasteiger partial charge is 0.407 e. The summed E-state index contributed by atoms with van der Waals surface area (Å²) in [5, 5.41) is 2.69. The van der Waals surface area contributed by atoms with Gasteiger partial charge in [0, 0.05) is 19.6 Å². The highest BCUT2D eigenvalue weighted by Gasteiger charge is 2.15. The molecule has 1 N–H and O–H groups in total. The lowest BCUT2D eigenvalue weighted by Crippen LogP contribution is -2.36. The van der Waals surface area contributed by atoms with E-state index in [4.69, 9.17) is 4.74 Å². The van der Waals surface area contributed by atoms with Gasteiger partial charge < -0.3 is 15.0 Å². The predicted octanol–water partition coefficient (Wildman–Crippen LogP) is 1.98. The SMILES string of the molecule is C=CN(CC)CCNC(=O)OC(C)(C)C. The summed E-state index contributed by atoms with van der Waals surface area (Å²) in [5.41, 5.74) is -0.438. The first-order valence-corrected chi connectivity index (χ1v) is 5.22. The molecule has 0 aromatic carbocycles. The van der Waals surface area contributed by atoms with Crippen LogP contribution in [0.15, 0.2) is 12.8 Å². The summed E-state index contributed by atoms with van der Waals surface area (Å²) < 4.78 is 5.09. The van der Waals surface area contributed by atoms with Gasteiger partial charge in [-0.3, -0.25) is 0 Å². The first kappa shape index (κ1) is 13.8. The van der Waals surface area contributed by atoms with Gasteiger partial charge in [0.15, 0.2) is 0 Å². The van der Waals surface area contributed by atoms with Crippen LogP contribution in [0.4, 0.5) is 4.79 Å². The molecule has 0 aliphatic heterocycles. The van der Waals surface area contributed by atoms with E-state index in [-0.39, 0.29) is 6.09 Å². The standard InChI is InChI=1S/C11H22N2O2/c1-6-13(7-2)9-8-12-10(14)15-11(3,4)5/h6H,1,7-9H2,2-5H3,(H,12,14). The molecular weight excluding hydrogens is 192 g/mol. The van der Waals surface area contributed by atoms with Crippen molar-refractivity contribution in [3.05, 3.63) is 12.8 Å². The minimum Gasteiger partial charge on any atom is -0.444 e. The average Bonchev–Trinajstić information content (AvgIpc) is 2.09. The average molecular weight is 214 g/mol. The number of likely N-dealkylation sites (N-methyl/N-ethyl adjacent to an activating group) is 1. The Bertz CT molecular complexity index is 209. The largest absolute Gasteiger partial charge is 0.444 e. The Labute approximate surface area is 92.3 Å². The van der Waals surface area contributed by atoms with Gasteiger partial charge in [-0.1, -0.05) is 6.58 Å². The van der Waals surface area contributed by atoms with Crippen LogP contribution in [0.3, 0.4) is 0 Å². The van der Waals surface area contributed by atoms with Crippen LogP contribution in [0.2, 0.25) is 0 Å². The van der Waals surface area contributed by atoms with E-state index in [0.717, 1.165) is 13.1 Å². The highest BCUT2D eigenvalue weighted by molar-refractivity contribution is 5.67. The maximum absolute atomic E-state index is 11.2. The van der Waals surface area contributed by atoms with E-state index < -0.39 is 5.60 Å². The molecule has 0 fully saturated rings. The van der Waals surface area contributed by atoms with Crippen molar-refractivity contribution in [1.82, 2.24) is 10.2 Å². The first-order chi connectivity index (χ1) is 6.89. The molecule has 0 saturated carbocycles. The molecule has 0 unspecified atom stereocenters. The fourth-order valence-corrected chi connectivity index (χ4v) is 0.994. The topological polar surface area (TPSA) is 41.6 Å². The number of ether oxygens (including phenoxy) is 1. The van der Waals surface area contributed by atoms with Gasteiger partial charge in [-0.25, -0.2) is 4.79 Å². The number of alkyl carbamates (subject to hydrolysis) is 1. The van der Waals surface area contributed by atoms with Crippen LogP contribution in [0, 0.1) is 0 Å². The fourth-order valence-electron chi connectivity index (χ4n) is 0.994. The second-order valence-corrected chi connectivity index (χ2v) is 4.24. The molecule has 0 aliphatic rings. The van der Waals surface area contributed by atoms with E-state index in [0.29, 0.717) is 6.54 Å². The molecule has 0 radical (unpaired) electrons. The van der Waals surface area contributed by atoms with Crippen LogP contribution in [0.5, 0.6) is 0 Å². The monoisotopic (exact) mass is 214 g/mol. The lowest BCUT2D eigenvalue weighted by molar-refractivity contribution is 0.0525. The molecule has 88 valence electrons. The molecule has 4 heteroatoms. The molecule has 15 heavy (non-hydrogen) atoms. The van der Waals surface area contributed by atoms with Gasteiger partial charge >= 0.3 is 6.09 Å². The van der Waals surface area contributed by atoms with Crippen LogP contribution in [-0.4, -0.2) is 36.2 Å². The Morgan fingerprint density at radius 2 is 2.13 bits per heavy atom. The molecule has 0 heterocycles. The Hall–Kier alpha value is -1.19. The van der Waals surface area contributed by atoms with E-state index in [9.17, 15) is 4.79 Å². The summed E-state index contributed by atoms with van der Waals surface area (Å²) in [5.74, 6) is 0. The number of carbonyl (C=O) groups excluding carboxylic acids is 1. The number of rotatable bonds is 5. The van der Waals surface area contributed by atoms with Gasteiger partial charge in [0.25, 0.3) is 0 Å². The minimum absolute atomic E-state index is 0.373. The van der Waals surface area contributed by atoms with Crippen molar-refractivity contribution in [2.24, 2.45) is 0 Å². The molecule has 0 rings (SSSR count). The number of amides is 1. The summed E-state index contributed by atoms with van der Waals surface area (Å²) in [6, 6.07) is 0. The van der Waals surface area contributed by atoms with Crippen LogP contribution in [0.25, 0.3) is 0 Å². The fraction of sp³-hybridized carbons (Fsp3) is 0.727. The molecular formula is C11H22N2O2. The van der Waals surface area contributed by atoms with Crippen LogP contribution < -0.4 is 5.32 Å². The number of hydrogen-bond donors (Lipinski definition) is 1. The van der Waals surface area contributed by atoms with Crippen molar-refractivity contribution in [1.29, 1.82) is 0 Å². The van der Waals surface area contributed by atoms with E-state index >= 15 is 0 Å². The zero-order chi connectivity index (χ0) is 11.9. The summed E-state index contributed by atoms with van der Waals surface area (Å²) in [7, 11) is 0. The third-order valence-electron chi connectivity index (χ3n) is 1.73. The van der Waals surface area contributed by atoms with Gasteiger partial charge in [0.2, 0.25) is 0 Å². The number of hydrogen-bond acceptors (Lipinski definition) is 3. The second-order valence-electron chi connectivity index (χ2n) is 4.24. The lowest BCUT2D eigenvalue weighted by atomic mass is 10.2. The normalized spacial score (nSPS) is 10.7. The molecule has 0 saturated heterocycles. The van der Waals surface area contributed by atoms with Crippen LogP contribution in [0.1, 0.15) is 27.7 Å². The first-order valence-electron chi connectivity index (χ1n) is 5.22. The molecule has 0 aliphatic carbocycles. The number of nitrogens with one attached hydrogen (secondary N) is 1. The van der Waals surface area contributed by atoms with Gasteiger partial charge in [0.05, 0.1) is 0 Å². The van der Waals surface area contributed by atoms with E-state index in [1.807, 2.05) is 32.6 Å². The van der Waals surface area contributed by atoms with Crippen LogP contribution in [-0.2, 0) is 4.74 Å². The number of carbonyl (C=O) groups is 1. The van der Waals surface area contributed by atoms with Crippen molar-refractivity contribution < 1.29 is 9.53 Å². The van der Waals surface area contributed by atoms with Crippen molar-refractivity contribution in [2.75, 3.05) is 19.6 Å². The van der Waals surface area contributed by atoms with Crippen molar-refractivity contribution in [3.8, 4) is 0 Å².